The molecule has 0 spiro atoms. The van der Waals surface area contributed by atoms with Crippen molar-refractivity contribution in [2.75, 3.05) is 31.1 Å². The van der Waals surface area contributed by atoms with Gasteiger partial charge in [-0.1, -0.05) is 66.2 Å². The Bertz CT molecular complexity index is 1480. The zero-order chi connectivity index (χ0) is 27.6. The van der Waals surface area contributed by atoms with E-state index in [1.54, 1.807) is 4.90 Å². The number of benzene rings is 3. The smallest absolute Gasteiger partial charge is 0.353 e. The van der Waals surface area contributed by atoms with E-state index in [2.05, 4.69) is 30.0 Å². The molecule has 1 fully saturated rings. The van der Waals surface area contributed by atoms with Crippen LogP contribution in [-0.2, 0) is 12.6 Å². The fraction of sp³-hybridized carbons (Fsp3) is 0.258. The number of hydrogen-bond acceptors (Lipinski definition) is 4. The Labute approximate surface area is 225 Å². The van der Waals surface area contributed by atoms with E-state index in [0.29, 0.717) is 38.4 Å². The topological polar surface area (TPSA) is 49.3 Å². The molecule has 5 nitrogen and oxygen atoms in total. The Morgan fingerprint density at radius 2 is 1.56 bits per heavy atom. The van der Waals surface area contributed by atoms with Gasteiger partial charge in [-0.25, -0.2) is 9.97 Å². The summed E-state index contributed by atoms with van der Waals surface area (Å²) in [4.78, 5) is 26.7. The summed E-state index contributed by atoms with van der Waals surface area (Å²) >= 11 is 0. The molecule has 1 aromatic heterocycles. The number of halogens is 3. The third kappa shape index (κ3) is 5.95. The average Bonchev–Trinajstić information content (AvgIpc) is 2.94. The molecule has 0 saturated carbocycles. The van der Waals surface area contributed by atoms with Crippen LogP contribution in [-0.4, -0.2) is 47.0 Å². The van der Waals surface area contributed by atoms with E-state index in [1.165, 1.54) is 17.7 Å². The van der Waals surface area contributed by atoms with Gasteiger partial charge in [0.1, 0.15) is 5.82 Å². The predicted molar refractivity (Wildman–Crippen MR) is 146 cm³/mol. The van der Waals surface area contributed by atoms with Crippen LogP contribution in [0.5, 0.6) is 0 Å². The highest BCUT2D eigenvalue weighted by molar-refractivity contribution is 5.94. The molecule has 3 aromatic carbocycles. The molecule has 0 N–H and O–H groups in total. The average molecular weight is 531 g/mol. The molecule has 0 atom stereocenters. The minimum absolute atomic E-state index is 0.0441. The molecule has 1 amide bonds. The summed E-state index contributed by atoms with van der Waals surface area (Å²) in [5.41, 5.74) is 4.40. The largest absolute Gasteiger partial charge is 0.416 e. The summed E-state index contributed by atoms with van der Waals surface area (Å²) < 4.78 is 39.5. The van der Waals surface area contributed by atoms with Crippen molar-refractivity contribution >= 4 is 11.7 Å². The van der Waals surface area contributed by atoms with Crippen LogP contribution < -0.4 is 4.90 Å². The number of carbonyl (C=O) groups is 1. The SMILES string of the molecule is Cc1cccc(Cc2c(C)nc(-c3ccccc3)nc2N2CCN(C(=O)c3cccc(C(F)(F)F)c3)CC2)c1. The lowest BCUT2D eigenvalue weighted by molar-refractivity contribution is -0.137. The molecule has 0 unspecified atom stereocenters. The Morgan fingerprint density at radius 1 is 0.846 bits per heavy atom. The van der Waals surface area contributed by atoms with Crippen LogP contribution in [0.2, 0.25) is 0 Å². The number of anilines is 1. The Kier molecular flexibility index (Phi) is 7.37. The molecule has 0 aliphatic carbocycles. The highest BCUT2D eigenvalue weighted by Gasteiger charge is 2.32. The van der Waals surface area contributed by atoms with Crippen molar-refractivity contribution < 1.29 is 18.0 Å². The number of rotatable bonds is 5. The summed E-state index contributed by atoms with van der Waals surface area (Å²) in [5, 5.41) is 0. The Balaban J connectivity index is 1.42. The maximum Gasteiger partial charge on any atom is 0.416 e. The second-order valence-electron chi connectivity index (χ2n) is 9.82. The van der Waals surface area contributed by atoms with Gasteiger partial charge in [0.05, 0.1) is 5.56 Å². The second kappa shape index (κ2) is 10.9. The number of piperazine rings is 1. The molecule has 0 radical (unpaired) electrons. The molecule has 1 aliphatic heterocycles. The Morgan fingerprint density at radius 3 is 2.26 bits per heavy atom. The lowest BCUT2D eigenvalue weighted by Crippen LogP contribution is -2.49. The fourth-order valence-corrected chi connectivity index (χ4v) is 4.92. The summed E-state index contributed by atoms with van der Waals surface area (Å²) in [6.45, 7) is 5.83. The summed E-state index contributed by atoms with van der Waals surface area (Å²) in [5.74, 6) is 1.07. The first-order chi connectivity index (χ1) is 18.7. The number of aryl methyl sites for hydroxylation is 2. The van der Waals surface area contributed by atoms with Crippen LogP contribution in [0.25, 0.3) is 11.4 Å². The standard InChI is InChI=1S/C31H29F3N4O/c1-21-8-6-9-23(18-21)19-27-22(2)35-28(24-10-4-3-5-11-24)36-29(27)37-14-16-38(17-15-37)30(39)25-12-7-13-26(20-25)31(32,33)34/h3-13,18,20H,14-17,19H2,1-2H3. The van der Waals surface area contributed by atoms with Gasteiger partial charge in [0.2, 0.25) is 0 Å². The molecule has 2 heterocycles. The molecule has 200 valence electrons. The lowest BCUT2D eigenvalue weighted by Gasteiger charge is -2.36. The summed E-state index contributed by atoms with van der Waals surface area (Å²) in [6, 6.07) is 22.8. The van der Waals surface area contributed by atoms with Gasteiger partial charge in [0, 0.05) is 55.0 Å². The van der Waals surface area contributed by atoms with Gasteiger partial charge in [0.15, 0.2) is 5.82 Å². The zero-order valence-electron chi connectivity index (χ0n) is 21.9. The van der Waals surface area contributed by atoms with Crippen LogP contribution in [0, 0.1) is 13.8 Å². The van der Waals surface area contributed by atoms with E-state index in [4.69, 9.17) is 9.97 Å². The lowest BCUT2D eigenvalue weighted by atomic mass is 10.0. The zero-order valence-corrected chi connectivity index (χ0v) is 21.9. The first-order valence-electron chi connectivity index (χ1n) is 12.9. The molecule has 5 rings (SSSR count). The van der Waals surface area contributed by atoms with E-state index in [1.807, 2.05) is 43.3 Å². The molecule has 1 saturated heterocycles. The monoisotopic (exact) mass is 530 g/mol. The van der Waals surface area contributed by atoms with Crippen LogP contribution in [0.15, 0.2) is 78.9 Å². The van der Waals surface area contributed by atoms with Gasteiger partial charge in [-0.3, -0.25) is 4.79 Å². The van der Waals surface area contributed by atoms with E-state index in [-0.39, 0.29) is 5.56 Å². The maximum atomic E-state index is 13.2. The highest BCUT2D eigenvalue weighted by Crippen LogP contribution is 2.31. The number of alkyl halides is 3. The van der Waals surface area contributed by atoms with Crippen LogP contribution in [0.4, 0.5) is 19.0 Å². The van der Waals surface area contributed by atoms with Crippen molar-refractivity contribution in [2.24, 2.45) is 0 Å². The van der Waals surface area contributed by atoms with E-state index in [9.17, 15) is 18.0 Å². The first kappa shape index (κ1) is 26.4. The second-order valence-corrected chi connectivity index (χ2v) is 9.82. The number of aromatic nitrogens is 2. The summed E-state index contributed by atoms with van der Waals surface area (Å²) in [7, 11) is 0. The van der Waals surface area contributed by atoms with E-state index < -0.39 is 17.6 Å². The van der Waals surface area contributed by atoms with Crippen molar-refractivity contribution in [1.29, 1.82) is 0 Å². The molecule has 1 aliphatic rings. The van der Waals surface area contributed by atoms with Crippen molar-refractivity contribution in [3.05, 3.63) is 112 Å². The van der Waals surface area contributed by atoms with Gasteiger partial charge >= 0.3 is 6.18 Å². The number of amides is 1. The minimum Gasteiger partial charge on any atom is -0.353 e. The van der Waals surface area contributed by atoms with Gasteiger partial charge in [-0.05, 0) is 37.6 Å². The van der Waals surface area contributed by atoms with Crippen LogP contribution in [0.1, 0.15) is 38.3 Å². The number of nitrogens with zero attached hydrogens (tertiary/aromatic N) is 4. The highest BCUT2D eigenvalue weighted by atomic mass is 19.4. The molecular formula is C31H29F3N4O. The Hall–Kier alpha value is -4.20. The molecule has 0 bridgehead atoms. The molecular weight excluding hydrogens is 501 g/mol. The third-order valence-corrected chi connectivity index (χ3v) is 6.99. The molecule has 8 heteroatoms. The van der Waals surface area contributed by atoms with E-state index >= 15 is 0 Å². The fourth-order valence-electron chi connectivity index (χ4n) is 4.92. The minimum atomic E-state index is -4.50. The van der Waals surface area contributed by atoms with Gasteiger partial charge < -0.3 is 9.80 Å². The van der Waals surface area contributed by atoms with Crippen molar-refractivity contribution in [3.63, 3.8) is 0 Å². The van der Waals surface area contributed by atoms with Crippen LogP contribution >= 0.6 is 0 Å². The maximum absolute atomic E-state index is 13.2. The van der Waals surface area contributed by atoms with Crippen LogP contribution in [0.3, 0.4) is 0 Å². The molecule has 39 heavy (non-hydrogen) atoms. The summed E-state index contributed by atoms with van der Waals surface area (Å²) in [6.07, 6.45) is -3.83. The van der Waals surface area contributed by atoms with Crippen molar-refractivity contribution in [2.45, 2.75) is 26.4 Å². The van der Waals surface area contributed by atoms with Crippen molar-refractivity contribution in [3.8, 4) is 11.4 Å². The quantitative estimate of drug-likeness (QED) is 0.303. The van der Waals surface area contributed by atoms with E-state index in [0.717, 1.165) is 40.3 Å². The first-order valence-corrected chi connectivity index (χ1v) is 12.9. The van der Waals surface area contributed by atoms with Gasteiger partial charge in [-0.2, -0.15) is 13.2 Å². The van der Waals surface area contributed by atoms with Gasteiger partial charge in [-0.15, -0.1) is 0 Å². The van der Waals surface area contributed by atoms with Gasteiger partial charge in [0.25, 0.3) is 5.91 Å². The predicted octanol–water partition coefficient (Wildman–Crippen LogP) is 6.33. The normalized spacial score (nSPS) is 14.0. The number of carbonyl (C=O) groups excluding carboxylic acids is 1. The number of hydrogen-bond donors (Lipinski definition) is 0. The third-order valence-electron chi connectivity index (χ3n) is 6.99. The molecule has 4 aromatic rings. The van der Waals surface area contributed by atoms with Crippen molar-refractivity contribution in [1.82, 2.24) is 14.9 Å².